The molecule has 0 atom stereocenters. The molecule has 1 N–H and O–H groups in total. The molecule has 0 radical (unpaired) electrons. The Morgan fingerprint density at radius 1 is 1.32 bits per heavy atom. The highest BCUT2D eigenvalue weighted by molar-refractivity contribution is 7.17. The van der Waals surface area contributed by atoms with Gasteiger partial charge >= 0.3 is 11.7 Å². The van der Waals surface area contributed by atoms with Crippen molar-refractivity contribution in [1.29, 1.82) is 0 Å². The Labute approximate surface area is 185 Å². The molecule has 1 aliphatic rings. The van der Waals surface area contributed by atoms with E-state index in [2.05, 4.69) is 10.4 Å². The van der Waals surface area contributed by atoms with Crippen LogP contribution >= 0.6 is 22.7 Å². The number of fused-ring (bicyclic) bond motifs is 1. The van der Waals surface area contributed by atoms with Crippen molar-refractivity contribution < 1.29 is 19.2 Å². The first-order valence-electron chi connectivity index (χ1n) is 9.74. The van der Waals surface area contributed by atoms with Gasteiger partial charge in [-0.25, -0.2) is 4.79 Å². The number of nitro groups is 1. The van der Waals surface area contributed by atoms with Gasteiger partial charge in [0.15, 0.2) is 0 Å². The number of esters is 1. The maximum absolute atomic E-state index is 12.9. The molecule has 31 heavy (non-hydrogen) atoms. The highest BCUT2D eigenvalue weighted by Crippen LogP contribution is 2.38. The second-order valence-corrected chi connectivity index (χ2v) is 9.20. The highest BCUT2D eigenvalue weighted by Gasteiger charge is 2.26. The molecule has 3 heterocycles. The van der Waals surface area contributed by atoms with Gasteiger partial charge in [0.1, 0.15) is 17.4 Å². The number of aryl methyl sites for hydroxylation is 1. The summed E-state index contributed by atoms with van der Waals surface area (Å²) in [5.41, 5.74) is 2.19. The Morgan fingerprint density at radius 3 is 2.87 bits per heavy atom. The highest BCUT2D eigenvalue weighted by atomic mass is 32.1. The molecule has 0 spiro atoms. The lowest BCUT2D eigenvalue weighted by Gasteiger charge is -2.06. The van der Waals surface area contributed by atoms with E-state index in [-0.39, 0.29) is 11.6 Å². The minimum Gasteiger partial charge on any atom is -0.465 e. The third kappa shape index (κ3) is 4.52. The van der Waals surface area contributed by atoms with Crippen molar-refractivity contribution in [3.05, 3.63) is 60.4 Å². The topological polar surface area (TPSA) is 116 Å². The Bertz CT molecular complexity index is 1150. The number of nitrogens with zero attached hydrogens (tertiary/aromatic N) is 3. The molecule has 0 bridgehead atoms. The molecular weight excluding hydrogens is 440 g/mol. The number of amides is 1. The summed E-state index contributed by atoms with van der Waals surface area (Å²) in [4.78, 5) is 37.2. The van der Waals surface area contributed by atoms with Crippen LogP contribution in [0, 0.1) is 10.1 Å². The maximum atomic E-state index is 12.9. The second-order valence-electron chi connectivity index (χ2n) is 7.19. The quantitative estimate of drug-likeness (QED) is 0.254. The number of ether oxygens (including phenoxy) is 1. The van der Waals surface area contributed by atoms with E-state index in [9.17, 15) is 19.7 Å². The van der Waals surface area contributed by atoms with Gasteiger partial charge in [-0.15, -0.1) is 22.7 Å². The molecule has 0 aliphatic heterocycles. The summed E-state index contributed by atoms with van der Waals surface area (Å²) >= 11 is 2.72. The van der Waals surface area contributed by atoms with E-state index in [0.29, 0.717) is 22.0 Å². The standard InChI is InChI=1S/C20H20N4O5S2/c1-29-20(26)17-14-5-3-2-4-6-15(14)31-19(17)22-18(25)16-7-12(11-30-16)9-23-10-13(8-21-23)24(27)28/h7-8,10-11H,2-6,9H2,1H3,(H,22,25). The van der Waals surface area contributed by atoms with E-state index < -0.39 is 10.9 Å². The van der Waals surface area contributed by atoms with Crippen LogP contribution < -0.4 is 5.32 Å². The molecular formula is C20H20N4O5S2. The minimum absolute atomic E-state index is 0.0824. The van der Waals surface area contributed by atoms with Gasteiger partial charge in [0.05, 0.1) is 29.0 Å². The molecule has 0 saturated heterocycles. The molecule has 3 aromatic heterocycles. The lowest BCUT2D eigenvalue weighted by atomic mass is 10.1. The van der Waals surface area contributed by atoms with Crippen molar-refractivity contribution in [2.24, 2.45) is 0 Å². The second kappa shape index (κ2) is 8.98. The number of carbonyl (C=O) groups is 2. The van der Waals surface area contributed by atoms with E-state index in [1.807, 2.05) is 5.38 Å². The Kier molecular flexibility index (Phi) is 6.14. The third-order valence-corrected chi connectivity index (χ3v) is 7.28. The SMILES string of the molecule is COC(=O)c1c(NC(=O)c2cc(Cn3cc([N+](=O)[O-])cn3)cs2)sc2c1CCCCC2. The number of methoxy groups -OCH3 is 1. The average molecular weight is 461 g/mol. The van der Waals surface area contributed by atoms with Gasteiger partial charge in [-0.2, -0.15) is 5.10 Å². The van der Waals surface area contributed by atoms with Crippen LogP contribution in [-0.4, -0.2) is 33.7 Å². The Balaban J connectivity index is 1.52. The lowest BCUT2D eigenvalue weighted by Crippen LogP contribution is -2.13. The van der Waals surface area contributed by atoms with E-state index in [4.69, 9.17) is 4.74 Å². The summed E-state index contributed by atoms with van der Waals surface area (Å²) in [6.07, 6.45) is 7.46. The maximum Gasteiger partial charge on any atom is 0.341 e. The summed E-state index contributed by atoms with van der Waals surface area (Å²) in [6.45, 7) is 0.318. The van der Waals surface area contributed by atoms with Crippen molar-refractivity contribution in [3.8, 4) is 0 Å². The Hall–Kier alpha value is -3.05. The van der Waals surface area contributed by atoms with E-state index in [1.165, 1.54) is 46.9 Å². The summed E-state index contributed by atoms with van der Waals surface area (Å²) < 4.78 is 6.43. The van der Waals surface area contributed by atoms with Crippen LogP contribution in [0.15, 0.2) is 23.8 Å². The number of hydrogen-bond donors (Lipinski definition) is 1. The summed E-state index contributed by atoms with van der Waals surface area (Å²) in [5.74, 6) is -0.730. The molecule has 1 amide bonds. The predicted octanol–water partition coefficient (Wildman–Crippen LogP) is 4.27. The molecule has 1 aliphatic carbocycles. The lowest BCUT2D eigenvalue weighted by molar-refractivity contribution is -0.385. The molecule has 162 valence electrons. The zero-order valence-electron chi connectivity index (χ0n) is 16.8. The fourth-order valence-corrected chi connectivity index (χ4v) is 5.68. The van der Waals surface area contributed by atoms with Crippen LogP contribution in [0.4, 0.5) is 10.7 Å². The largest absolute Gasteiger partial charge is 0.465 e. The monoisotopic (exact) mass is 460 g/mol. The molecule has 3 aromatic rings. The molecule has 4 rings (SSSR count). The van der Waals surface area contributed by atoms with Gasteiger partial charge in [0.25, 0.3) is 5.91 Å². The number of carbonyl (C=O) groups excluding carboxylic acids is 2. The van der Waals surface area contributed by atoms with Gasteiger partial charge in [-0.05, 0) is 48.3 Å². The third-order valence-electron chi connectivity index (χ3n) is 5.09. The van der Waals surface area contributed by atoms with E-state index >= 15 is 0 Å². The van der Waals surface area contributed by atoms with Gasteiger partial charge in [0.2, 0.25) is 0 Å². The smallest absolute Gasteiger partial charge is 0.341 e. The Morgan fingerprint density at radius 2 is 2.13 bits per heavy atom. The number of hydrogen-bond acceptors (Lipinski definition) is 8. The van der Waals surface area contributed by atoms with E-state index in [1.54, 1.807) is 6.07 Å². The molecule has 0 aromatic carbocycles. The van der Waals surface area contributed by atoms with Gasteiger partial charge in [-0.1, -0.05) is 6.42 Å². The average Bonchev–Trinajstić information content (AvgIpc) is 3.44. The normalized spacial score (nSPS) is 13.3. The van der Waals surface area contributed by atoms with Crippen LogP contribution in [0.25, 0.3) is 0 Å². The zero-order chi connectivity index (χ0) is 22.0. The molecule has 11 heteroatoms. The van der Waals surface area contributed by atoms with Crippen LogP contribution in [0.2, 0.25) is 0 Å². The van der Waals surface area contributed by atoms with Crippen LogP contribution in [0.5, 0.6) is 0 Å². The van der Waals surface area contributed by atoms with Crippen molar-refractivity contribution in [1.82, 2.24) is 9.78 Å². The molecule has 0 saturated carbocycles. The number of thiophene rings is 2. The van der Waals surface area contributed by atoms with Crippen molar-refractivity contribution in [3.63, 3.8) is 0 Å². The zero-order valence-corrected chi connectivity index (χ0v) is 18.4. The van der Waals surface area contributed by atoms with Crippen molar-refractivity contribution in [2.75, 3.05) is 12.4 Å². The van der Waals surface area contributed by atoms with Crippen LogP contribution in [0.1, 0.15) is 55.3 Å². The summed E-state index contributed by atoms with van der Waals surface area (Å²) in [5, 5.41) is 20.0. The number of aromatic nitrogens is 2. The first kappa shape index (κ1) is 21.2. The number of rotatable bonds is 6. The van der Waals surface area contributed by atoms with Crippen LogP contribution in [0.3, 0.4) is 0 Å². The van der Waals surface area contributed by atoms with Gasteiger partial charge in [0, 0.05) is 4.88 Å². The molecule has 9 nitrogen and oxygen atoms in total. The fraction of sp³-hybridized carbons (Fsp3) is 0.350. The van der Waals surface area contributed by atoms with Crippen LogP contribution in [-0.2, 0) is 24.1 Å². The number of nitrogens with one attached hydrogen (secondary N) is 1. The van der Waals surface area contributed by atoms with E-state index in [0.717, 1.165) is 48.1 Å². The summed E-state index contributed by atoms with van der Waals surface area (Å²) in [7, 11) is 1.35. The molecule has 0 unspecified atom stereocenters. The molecule has 0 fully saturated rings. The fourth-order valence-electron chi connectivity index (χ4n) is 3.61. The van der Waals surface area contributed by atoms with Gasteiger partial charge < -0.3 is 10.1 Å². The predicted molar refractivity (Wildman–Crippen MR) is 117 cm³/mol. The number of anilines is 1. The summed E-state index contributed by atoms with van der Waals surface area (Å²) in [6, 6.07) is 1.73. The first-order chi connectivity index (χ1) is 15.0. The first-order valence-corrected chi connectivity index (χ1v) is 11.4. The van der Waals surface area contributed by atoms with Crippen molar-refractivity contribution in [2.45, 2.75) is 38.6 Å². The minimum atomic E-state index is -0.502. The van der Waals surface area contributed by atoms with Crippen molar-refractivity contribution >= 4 is 45.2 Å². The van der Waals surface area contributed by atoms with Gasteiger partial charge in [-0.3, -0.25) is 19.6 Å².